The maximum absolute atomic E-state index is 11.6. The van der Waals surface area contributed by atoms with E-state index in [0.29, 0.717) is 5.92 Å². The number of alkyl halides is 3. The van der Waals surface area contributed by atoms with Crippen molar-refractivity contribution in [2.24, 2.45) is 5.92 Å². The fourth-order valence-corrected chi connectivity index (χ4v) is 1.75. The van der Waals surface area contributed by atoms with Crippen LogP contribution in [0, 0.1) is 5.92 Å². The summed E-state index contributed by atoms with van der Waals surface area (Å²) in [6, 6.07) is 0. The van der Waals surface area contributed by atoms with Crippen LogP contribution >= 0.6 is 67.8 Å². The van der Waals surface area contributed by atoms with Gasteiger partial charge in [0.05, 0.1) is 0 Å². The molecule has 2 atom stereocenters. The van der Waals surface area contributed by atoms with Crippen LogP contribution in [0.2, 0.25) is 0 Å². The van der Waals surface area contributed by atoms with Crippen LogP contribution in [-0.2, 0) is 9.53 Å². The summed E-state index contributed by atoms with van der Waals surface area (Å²) in [6.07, 6.45) is 1.01. The van der Waals surface area contributed by atoms with Crippen molar-refractivity contribution in [2.45, 2.75) is 18.9 Å². The highest BCUT2D eigenvalue weighted by molar-refractivity contribution is 14.3. The summed E-state index contributed by atoms with van der Waals surface area (Å²) in [7, 11) is 0. The lowest BCUT2D eigenvalue weighted by molar-refractivity contribution is -0.149. The zero-order chi connectivity index (χ0) is 10.8. The van der Waals surface area contributed by atoms with Crippen LogP contribution in [-0.4, -0.2) is 24.6 Å². The van der Waals surface area contributed by atoms with E-state index in [1.54, 1.807) is 0 Å². The summed E-state index contributed by atoms with van der Waals surface area (Å²) in [5, 5.41) is 3.28. The van der Waals surface area contributed by atoms with E-state index >= 15 is 0 Å². The molecule has 1 heterocycles. The maximum atomic E-state index is 11.6. The molecule has 0 spiro atoms. The van der Waals surface area contributed by atoms with Gasteiger partial charge in [-0.2, -0.15) is 0 Å². The average molecular weight is 535 g/mol. The van der Waals surface area contributed by atoms with Gasteiger partial charge in [0.15, 0.2) is 0 Å². The number of carbonyl (C=O) groups is 1. The van der Waals surface area contributed by atoms with Crippen LogP contribution in [0.5, 0.6) is 0 Å². The second-order valence-electron chi connectivity index (χ2n) is 3.41. The van der Waals surface area contributed by atoms with Gasteiger partial charge in [-0.15, -0.1) is 0 Å². The summed E-state index contributed by atoms with van der Waals surface area (Å²) >= 11 is 6.27. The van der Waals surface area contributed by atoms with Gasteiger partial charge in [0.2, 0.25) is -0.565 Å². The monoisotopic (exact) mass is 535 g/mol. The van der Waals surface area contributed by atoms with Crippen LogP contribution in [0.1, 0.15) is 13.3 Å². The molecule has 0 aromatic carbocycles. The highest BCUT2D eigenvalue weighted by Gasteiger charge is 2.34. The first-order chi connectivity index (χ1) is 6.41. The molecule has 14 heavy (non-hydrogen) atoms. The first-order valence-corrected chi connectivity index (χ1v) is 7.63. The zero-order valence-electron chi connectivity index (χ0n) is 7.73. The van der Waals surface area contributed by atoms with Gasteiger partial charge in [-0.05, 0) is 80.7 Å². The Morgan fingerprint density at radius 3 is 2.64 bits per heavy atom. The van der Waals surface area contributed by atoms with Gasteiger partial charge in [-0.1, -0.05) is 6.92 Å². The first-order valence-electron chi connectivity index (χ1n) is 4.40. The molecule has 6 heteroatoms. The molecular weight excluding hydrogens is 523 g/mol. The van der Waals surface area contributed by atoms with Crippen molar-refractivity contribution in [2.75, 3.05) is 13.1 Å². The van der Waals surface area contributed by atoms with E-state index in [2.05, 4.69) is 80.0 Å². The lowest BCUT2D eigenvalue weighted by Crippen LogP contribution is -2.42. The third-order valence-electron chi connectivity index (χ3n) is 2.20. The van der Waals surface area contributed by atoms with E-state index in [-0.39, 0.29) is 12.1 Å². The van der Waals surface area contributed by atoms with Crippen LogP contribution in [0.4, 0.5) is 0 Å². The summed E-state index contributed by atoms with van der Waals surface area (Å²) < 4.78 is 4.99. The molecule has 0 amide bonds. The number of nitrogens with one attached hydrogen (secondary N) is 1. The number of esters is 1. The molecule has 0 aliphatic carbocycles. The molecule has 0 radical (unpaired) electrons. The number of hydrogen-bond acceptors (Lipinski definition) is 3. The van der Waals surface area contributed by atoms with Crippen LogP contribution < -0.4 is 5.32 Å². The third-order valence-corrected chi connectivity index (χ3v) is 3.52. The molecule has 82 valence electrons. The number of rotatable bonds is 2. The Bertz CT molecular complexity index is 217. The number of halogens is 3. The van der Waals surface area contributed by atoms with Crippen molar-refractivity contribution in [3.05, 3.63) is 0 Å². The minimum Gasteiger partial charge on any atom is -0.460 e. The van der Waals surface area contributed by atoms with Crippen LogP contribution in [0.15, 0.2) is 0 Å². The lowest BCUT2D eigenvalue weighted by atomic mass is 9.98. The highest BCUT2D eigenvalue weighted by Crippen LogP contribution is 2.37. The Hall–Kier alpha value is 1.62. The summed E-state index contributed by atoms with van der Waals surface area (Å²) in [4.78, 5) is 11.6. The van der Waals surface area contributed by atoms with E-state index in [4.69, 9.17) is 4.74 Å². The number of ether oxygens (including phenoxy) is 1. The number of hydrogen-bond donors (Lipinski definition) is 1. The fourth-order valence-electron chi connectivity index (χ4n) is 1.37. The van der Waals surface area contributed by atoms with E-state index in [1.807, 2.05) is 0 Å². The van der Waals surface area contributed by atoms with E-state index in [1.165, 1.54) is 0 Å². The van der Waals surface area contributed by atoms with Crippen molar-refractivity contribution < 1.29 is 9.53 Å². The Morgan fingerprint density at radius 2 is 2.14 bits per heavy atom. The number of carbonyl (C=O) groups excluding carboxylic acids is 1. The van der Waals surface area contributed by atoms with Crippen molar-refractivity contribution in [3.8, 4) is 0 Å². The SMILES string of the molecule is CC1CNCCC1OC(=O)C(I)(I)I. The molecule has 1 N–H and O–H groups in total. The molecular formula is C8H12I3NO2. The first kappa shape index (κ1) is 13.7. The Morgan fingerprint density at radius 1 is 1.50 bits per heavy atom. The third kappa shape index (κ3) is 4.24. The number of piperidine rings is 1. The average Bonchev–Trinajstić information content (AvgIpc) is 2.07. The van der Waals surface area contributed by atoms with E-state index < -0.39 is -0.565 Å². The topological polar surface area (TPSA) is 38.3 Å². The van der Waals surface area contributed by atoms with Gasteiger partial charge >= 0.3 is 5.97 Å². The Kier molecular flexibility index (Phi) is 5.67. The maximum Gasteiger partial charge on any atom is 0.342 e. The van der Waals surface area contributed by atoms with Crippen molar-refractivity contribution in [1.82, 2.24) is 5.32 Å². The van der Waals surface area contributed by atoms with Gasteiger partial charge in [-0.3, -0.25) is 0 Å². The molecule has 1 saturated heterocycles. The highest BCUT2D eigenvalue weighted by atomic mass is 127. The van der Waals surface area contributed by atoms with Gasteiger partial charge in [0.25, 0.3) is 0 Å². The van der Waals surface area contributed by atoms with E-state index in [9.17, 15) is 4.79 Å². The van der Waals surface area contributed by atoms with Gasteiger partial charge in [0.1, 0.15) is 6.10 Å². The van der Waals surface area contributed by atoms with E-state index in [0.717, 1.165) is 19.5 Å². The Labute approximate surface area is 125 Å². The molecule has 1 rings (SSSR count). The zero-order valence-corrected chi connectivity index (χ0v) is 14.2. The second kappa shape index (κ2) is 5.80. The second-order valence-corrected chi connectivity index (χ2v) is 14.5. The quantitative estimate of drug-likeness (QED) is 0.336. The molecule has 1 aliphatic rings. The minimum absolute atomic E-state index is 0.0856. The Balaban J connectivity index is 2.46. The normalized spacial score (nSPS) is 28.6. The summed E-state index contributed by atoms with van der Waals surface area (Å²) in [5.41, 5.74) is 0. The molecule has 0 saturated carbocycles. The predicted molar refractivity (Wildman–Crippen MR) is 81.3 cm³/mol. The fraction of sp³-hybridized carbons (Fsp3) is 0.875. The van der Waals surface area contributed by atoms with Gasteiger partial charge in [-0.25, -0.2) is 4.79 Å². The predicted octanol–water partition coefficient (Wildman–Crippen LogP) is 2.49. The summed E-state index contributed by atoms with van der Waals surface area (Å²) in [5.74, 6) is 0.289. The molecule has 1 aliphatic heterocycles. The molecule has 1 fully saturated rings. The minimum atomic E-state index is -0.474. The van der Waals surface area contributed by atoms with Crippen molar-refractivity contribution in [1.29, 1.82) is 0 Å². The van der Waals surface area contributed by atoms with Crippen molar-refractivity contribution in [3.63, 3.8) is 0 Å². The summed E-state index contributed by atoms with van der Waals surface area (Å²) in [6.45, 7) is 3.99. The lowest BCUT2D eigenvalue weighted by Gasteiger charge is -2.30. The van der Waals surface area contributed by atoms with Gasteiger partial charge in [0, 0.05) is 12.5 Å². The molecule has 0 aromatic rings. The molecule has 3 nitrogen and oxygen atoms in total. The largest absolute Gasteiger partial charge is 0.460 e. The van der Waals surface area contributed by atoms with Crippen LogP contribution in [0.3, 0.4) is 0 Å². The molecule has 0 bridgehead atoms. The van der Waals surface area contributed by atoms with Gasteiger partial charge < -0.3 is 10.1 Å². The standard InChI is InChI=1S/C8H12I3NO2/c1-5-4-12-3-2-6(5)14-7(13)8(9,10)11/h5-6,12H,2-4H2,1H3. The molecule has 0 aromatic heterocycles. The van der Waals surface area contributed by atoms with Crippen molar-refractivity contribution >= 4 is 73.7 Å². The van der Waals surface area contributed by atoms with Crippen LogP contribution in [0.25, 0.3) is 0 Å². The smallest absolute Gasteiger partial charge is 0.342 e. The molecule has 2 unspecified atom stereocenters.